The van der Waals surface area contributed by atoms with E-state index in [-0.39, 0.29) is 6.10 Å². The molecular weight excluding hydrogens is 280 g/mol. The summed E-state index contributed by atoms with van der Waals surface area (Å²) in [7, 11) is 0. The number of carbonyl (C=O) groups is 2. The van der Waals surface area contributed by atoms with Gasteiger partial charge in [-0.1, -0.05) is 17.7 Å². The summed E-state index contributed by atoms with van der Waals surface area (Å²) >= 11 is 5.86. The molecule has 1 fully saturated rings. The van der Waals surface area contributed by atoms with Crippen molar-refractivity contribution < 1.29 is 14.3 Å². The van der Waals surface area contributed by atoms with Crippen LogP contribution < -0.4 is 10.6 Å². The summed E-state index contributed by atoms with van der Waals surface area (Å²) in [5.74, 6) is -1.37. The second kappa shape index (κ2) is 6.72. The van der Waals surface area contributed by atoms with Crippen molar-refractivity contribution >= 4 is 29.1 Å². The van der Waals surface area contributed by atoms with Crippen LogP contribution in [0.3, 0.4) is 0 Å². The Balaban J connectivity index is 1.87. The molecule has 1 heterocycles. The van der Waals surface area contributed by atoms with Crippen LogP contribution in [0, 0.1) is 6.92 Å². The van der Waals surface area contributed by atoms with Gasteiger partial charge in [0, 0.05) is 23.9 Å². The van der Waals surface area contributed by atoms with Gasteiger partial charge in [-0.15, -0.1) is 0 Å². The molecule has 2 N–H and O–H groups in total. The van der Waals surface area contributed by atoms with Gasteiger partial charge in [-0.25, -0.2) is 0 Å². The normalized spacial score (nSPS) is 17.8. The zero-order chi connectivity index (χ0) is 14.5. The minimum atomic E-state index is -0.701. The van der Waals surface area contributed by atoms with Gasteiger partial charge in [0.2, 0.25) is 0 Å². The second-order valence-corrected chi connectivity index (χ2v) is 5.19. The predicted molar refractivity (Wildman–Crippen MR) is 76.8 cm³/mol. The van der Waals surface area contributed by atoms with Crippen LogP contribution in [-0.2, 0) is 14.3 Å². The molecule has 2 rings (SSSR count). The number of aryl methyl sites for hydroxylation is 1. The highest BCUT2D eigenvalue weighted by molar-refractivity contribution is 6.40. The first-order valence-electron chi connectivity index (χ1n) is 6.53. The average Bonchev–Trinajstić information content (AvgIpc) is 2.93. The third kappa shape index (κ3) is 3.95. The molecule has 1 unspecified atom stereocenters. The first-order chi connectivity index (χ1) is 9.56. The summed E-state index contributed by atoms with van der Waals surface area (Å²) in [6, 6.07) is 5.12. The van der Waals surface area contributed by atoms with Crippen molar-refractivity contribution in [3.05, 3.63) is 28.8 Å². The quantitative estimate of drug-likeness (QED) is 0.837. The maximum atomic E-state index is 11.8. The number of nitrogens with one attached hydrogen (secondary N) is 2. The topological polar surface area (TPSA) is 67.4 Å². The number of benzene rings is 1. The summed E-state index contributed by atoms with van der Waals surface area (Å²) in [6.07, 6.45) is 1.92. The summed E-state index contributed by atoms with van der Waals surface area (Å²) in [4.78, 5) is 23.5. The maximum absolute atomic E-state index is 11.8. The van der Waals surface area contributed by atoms with Crippen LogP contribution in [0.4, 0.5) is 5.69 Å². The molecule has 20 heavy (non-hydrogen) atoms. The molecule has 0 bridgehead atoms. The number of anilines is 1. The zero-order valence-corrected chi connectivity index (χ0v) is 12.0. The highest BCUT2D eigenvalue weighted by Gasteiger charge is 2.19. The molecule has 1 saturated heterocycles. The van der Waals surface area contributed by atoms with E-state index in [0.717, 1.165) is 18.4 Å². The summed E-state index contributed by atoms with van der Waals surface area (Å²) in [5.41, 5.74) is 1.38. The summed E-state index contributed by atoms with van der Waals surface area (Å²) in [6.45, 7) is 2.91. The van der Waals surface area contributed by atoms with Gasteiger partial charge in [0.25, 0.3) is 0 Å². The SMILES string of the molecule is Cc1ccc(Cl)cc1NC(=O)C(=O)NCC1CCCO1. The smallest absolute Gasteiger partial charge is 0.313 e. The number of ether oxygens (including phenoxy) is 1. The Morgan fingerprint density at radius 2 is 2.20 bits per heavy atom. The molecule has 1 aliphatic rings. The molecule has 5 nitrogen and oxygen atoms in total. The largest absolute Gasteiger partial charge is 0.376 e. The first-order valence-corrected chi connectivity index (χ1v) is 6.91. The van der Waals surface area contributed by atoms with Crippen molar-refractivity contribution in [1.82, 2.24) is 5.32 Å². The van der Waals surface area contributed by atoms with E-state index < -0.39 is 11.8 Å². The Morgan fingerprint density at radius 1 is 1.40 bits per heavy atom. The lowest BCUT2D eigenvalue weighted by atomic mass is 10.2. The number of rotatable bonds is 3. The monoisotopic (exact) mass is 296 g/mol. The molecule has 2 amide bonds. The van der Waals surface area contributed by atoms with Crippen molar-refractivity contribution in [1.29, 1.82) is 0 Å². The zero-order valence-electron chi connectivity index (χ0n) is 11.2. The van der Waals surface area contributed by atoms with Crippen LogP contribution >= 0.6 is 11.6 Å². The number of amides is 2. The third-order valence-corrected chi connectivity index (χ3v) is 3.40. The van der Waals surface area contributed by atoms with E-state index in [1.165, 1.54) is 0 Å². The minimum Gasteiger partial charge on any atom is -0.376 e. The molecule has 0 radical (unpaired) electrons. The van der Waals surface area contributed by atoms with Crippen molar-refractivity contribution in [3.63, 3.8) is 0 Å². The lowest BCUT2D eigenvalue weighted by Crippen LogP contribution is -2.39. The van der Waals surface area contributed by atoms with Crippen molar-refractivity contribution in [2.75, 3.05) is 18.5 Å². The van der Waals surface area contributed by atoms with Crippen molar-refractivity contribution in [2.24, 2.45) is 0 Å². The molecule has 1 aromatic carbocycles. The highest BCUT2D eigenvalue weighted by Crippen LogP contribution is 2.20. The average molecular weight is 297 g/mol. The first kappa shape index (κ1) is 14.8. The Hall–Kier alpha value is -1.59. The van der Waals surface area contributed by atoms with Crippen molar-refractivity contribution in [2.45, 2.75) is 25.9 Å². The predicted octanol–water partition coefficient (Wildman–Crippen LogP) is 1.88. The fourth-order valence-corrected chi connectivity index (χ4v) is 2.17. The third-order valence-electron chi connectivity index (χ3n) is 3.17. The Morgan fingerprint density at radius 3 is 2.90 bits per heavy atom. The second-order valence-electron chi connectivity index (χ2n) is 4.76. The fourth-order valence-electron chi connectivity index (χ4n) is 2.00. The molecule has 1 aliphatic heterocycles. The van der Waals surface area contributed by atoms with Crippen LogP contribution in [0.2, 0.25) is 5.02 Å². The highest BCUT2D eigenvalue weighted by atomic mass is 35.5. The molecule has 0 spiro atoms. The lowest BCUT2D eigenvalue weighted by molar-refractivity contribution is -0.136. The minimum absolute atomic E-state index is 0.0136. The Labute approximate surface area is 122 Å². The Kier molecular flexibility index (Phi) is 4.98. The standard InChI is InChI=1S/C14H17ClN2O3/c1-9-4-5-10(15)7-12(9)17-14(19)13(18)16-8-11-3-2-6-20-11/h4-5,7,11H,2-3,6,8H2,1H3,(H,16,18)(H,17,19). The van der Waals surface area contributed by atoms with E-state index in [9.17, 15) is 9.59 Å². The van der Waals surface area contributed by atoms with Gasteiger partial charge in [-0.2, -0.15) is 0 Å². The summed E-state index contributed by atoms with van der Waals surface area (Å²) < 4.78 is 5.37. The molecule has 0 aliphatic carbocycles. The van der Waals surface area contributed by atoms with E-state index in [2.05, 4.69) is 10.6 Å². The molecule has 1 aromatic rings. The summed E-state index contributed by atoms with van der Waals surface area (Å²) in [5, 5.41) is 5.62. The van der Waals surface area contributed by atoms with Gasteiger partial charge in [-0.05, 0) is 37.5 Å². The van der Waals surface area contributed by atoms with E-state index >= 15 is 0 Å². The molecule has 0 saturated carbocycles. The van der Waals surface area contributed by atoms with E-state index in [1.807, 2.05) is 6.92 Å². The molecule has 108 valence electrons. The van der Waals surface area contributed by atoms with E-state index in [1.54, 1.807) is 18.2 Å². The van der Waals surface area contributed by atoms with Crippen molar-refractivity contribution in [3.8, 4) is 0 Å². The van der Waals surface area contributed by atoms with Gasteiger partial charge in [-0.3, -0.25) is 9.59 Å². The van der Waals surface area contributed by atoms with Crippen LogP contribution in [0.15, 0.2) is 18.2 Å². The Bertz CT molecular complexity index is 513. The molecule has 1 atom stereocenters. The van der Waals surface area contributed by atoms with Crippen LogP contribution in [-0.4, -0.2) is 31.1 Å². The fraction of sp³-hybridized carbons (Fsp3) is 0.429. The number of carbonyl (C=O) groups excluding carboxylic acids is 2. The molecular formula is C14H17ClN2O3. The number of hydrogen-bond acceptors (Lipinski definition) is 3. The van der Waals surface area contributed by atoms with Gasteiger partial charge < -0.3 is 15.4 Å². The van der Waals surface area contributed by atoms with Gasteiger partial charge in [0.05, 0.1) is 6.10 Å². The van der Waals surface area contributed by atoms with Gasteiger partial charge in [0.1, 0.15) is 0 Å². The lowest BCUT2D eigenvalue weighted by Gasteiger charge is -2.11. The number of hydrogen-bond donors (Lipinski definition) is 2. The van der Waals surface area contributed by atoms with E-state index in [4.69, 9.17) is 16.3 Å². The number of halogens is 1. The van der Waals surface area contributed by atoms with Crippen LogP contribution in [0.5, 0.6) is 0 Å². The van der Waals surface area contributed by atoms with Gasteiger partial charge >= 0.3 is 11.8 Å². The molecule has 6 heteroatoms. The van der Waals surface area contributed by atoms with Crippen LogP contribution in [0.25, 0.3) is 0 Å². The van der Waals surface area contributed by atoms with E-state index in [0.29, 0.717) is 23.9 Å². The van der Waals surface area contributed by atoms with Crippen LogP contribution in [0.1, 0.15) is 18.4 Å². The van der Waals surface area contributed by atoms with Gasteiger partial charge in [0.15, 0.2) is 0 Å². The maximum Gasteiger partial charge on any atom is 0.313 e. The molecule has 0 aromatic heterocycles.